The molecule has 2 heterocycles. The topological polar surface area (TPSA) is 72.1 Å². The predicted octanol–water partition coefficient (Wildman–Crippen LogP) is 2.74. The molecule has 5 nitrogen and oxygen atoms in total. The van der Waals surface area contributed by atoms with Crippen molar-refractivity contribution in [2.45, 2.75) is 32.2 Å². The van der Waals surface area contributed by atoms with E-state index in [1.165, 1.54) is 0 Å². The molecule has 3 aromatic rings. The zero-order valence-electron chi connectivity index (χ0n) is 14.6. The molecule has 0 radical (unpaired) electrons. The molecule has 26 heavy (non-hydrogen) atoms. The standard InChI is InChI=1S/C20H22FN3O2/c1-12-14(10-24-8-7-19(25)16(21)11-24)3-2-4-15(12)13-5-6-17-18(9-13)23-20(26)22-17/h2-6,9,16,19,25H,7-8,10-11H2,1H3,(H2,22,23,26)/t16-,19+/m0/s1. The van der Waals surface area contributed by atoms with Crippen LogP contribution in [-0.4, -0.2) is 45.3 Å². The molecular weight excluding hydrogens is 333 g/mol. The number of aromatic nitrogens is 2. The van der Waals surface area contributed by atoms with Crippen LogP contribution in [0.2, 0.25) is 0 Å². The summed E-state index contributed by atoms with van der Waals surface area (Å²) in [4.78, 5) is 19.1. The molecular formula is C20H22FN3O2. The number of aliphatic hydroxyl groups is 1. The second kappa shape index (κ2) is 6.70. The van der Waals surface area contributed by atoms with E-state index >= 15 is 0 Å². The minimum atomic E-state index is -1.18. The number of benzene rings is 2. The summed E-state index contributed by atoms with van der Waals surface area (Å²) in [5.41, 5.74) is 5.77. The molecule has 1 saturated heterocycles. The summed E-state index contributed by atoms with van der Waals surface area (Å²) in [5.74, 6) is 0. The van der Waals surface area contributed by atoms with Crippen LogP contribution in [0.5, 0.6) is 0 Å². The molecule has 0 amide bonds. The van der Waals surface area contributed by atoms with Gasteiger partial charge >= 0.3 is 5.69 Å². The van der Waals surface area contributed by atoms with Crippen LogP contribution in [0.3, 0.4) is 0 Å². The number of fused-ring (bicyclic) bond motifs is 1. The lowest BCUT2D eigenvalue weighted by atomic mass is 9.95. The molecule has 2 atom stereocenters. The number of nitrogens with one attached hydrogen (secondary N) is 2. The Morgan fingerprint density at radius 2 is 2.04 bits per heavy atom. The summed E-state index contributed by atoms with van der Waals surface area (Å²) in [7, 11) is 0. The normalized spacial score (nSPS) is 21.3. The molecule has 0 spiro atoms. The Labute approximate surface area is 150 Å². The van der Waals surface area contributed by atoms with E-state index in [4.69, 9.17) is 0 Å². The van der Waals surface area contributed by atoms with Gasteiger partial charge in [-0.15, -0.1) is 0 Å². The molecule has 1 fully saturated rings. The lowest BCUT2D eigenvalue weighted by molar-refractivity contribution is 0.00388. The van der Waals surface area contributed by atoms with E-state index < -0.39 is 12.3 Å². The van der Waals surface area contributed by atoms with E-state index in [0.29, 0.717) is 19.5 Å². The van der Waals surface area contributed by atoms with E-state index in [0.717, 1.165) is 33.3 Å². The maximum Gasteiger partial charge on any atom is 0.323 e. The van der Waals surface area contributed by atoms with Gasteiger partial charge in [-0.1, -0.05) is 24.3 Å². The number of aromatic amines is 2. The number of alkyl halides is 1. The number of hydrogen-bond donors (Lipinski definition) is 3. The Morgan fingerprint density at radius 1 is 1.23 bits per heavy atom. The molecule has 136 valence electrons. The van der Waals surface area contributed by atoms with Crippen LogP contribution in [0.1, 0.15) is 17.5 Å². The van der Waals surface area contributed by atoms with Gasteiger partial charge in [0.15, 0.2) is 0 Å². The van der Waals surface area contributed by atoms with E-state index in [9.17, 15) is 14.3 Å². The van der Waals surface area contributed by atoms with Crippen molar-refractivity contribution in [3.05, 3.63) is 58.0 Å². The molecule has 6 heteroatoms. The van der Waals surface area contributed by atoms with Crippen LogP contribution >= 0.6 is 0 Å². The lowest BCUT2D eigenvalue weighted by Gasteiger charge is -2.32. The first-order valence-electron chi connectivity index (χ1n) is 8.86. The number of imidazole rings is 1. The monoisotopic (exact) mass is 355 g/mol. The molecule has 0 bridgehead atoms. The van der Waals surface area contributed by atoms with Gasteiger partial charge in [-0.25, -0.2) is 9.18 Å². The Morgan fingerprint density at radius 3 is 2.85 bits per heavy atom. The zero-order valence-corrected chi connectivity index (χ0v) is 14.6. The SMILES string of the molecule is Cc1c(CN2CC[C@@H](O)[C@@H](F)C2)cccc1-c1ccc2[nH]c(=O)[nH]c2c1. The van der Waals surface area contributed by atoms with Crippen LogP contribution < -0.4 is 5.69 Å². The lowest BCUT2D eigenvalue weighted by Crippen LogP contribution is -2.44. The number of likely N-dealkylation sites (tertiary alicyclic amines) is 1. The zero-order chi connectivity index (χ0) is 18.3. The Bertz CT molecular complexity index is 994. The number of halogens is 1. The fourth-order valence-corrected chi connectivity index (χ4v) is 3.71. The first-order chi connectivity index (χ1) is 12.5. The van der Waals surface area contributed by atoms with E-state index in [1.54, 1.807) is 0 Å². The first-order valence-corrected chi connectivity index (χ1v) is 8.86. The van der Waals surface area contributed by atoms with E-state index in [1.807, 2.05) is 24.3 Å². The number of piperidine rings is 1. The maximum atomic E-state index is 13.8. The highest BCUT2D eigenvalue weighted by Crippen LogP contribution is 2.28. The van der Waals surface area contributed by atoms with Crippen molar-refractivity contribution in [1.29, 1.82) is 0 Å². The highest BCUT2D eigenvalue weighted by atomic mass is 19.1. The highest BCUT2D eigenvalue weighted by molar-refractivity contribution is 5.82. The van der Waals surface area contributed by atoms with E-state index in [2.05, 4.69) is 33.9 Å². The van der Waals surface area contributed by atoms with Crippen molar-refractivity contribution in [3.63, 3.8) is 0 Å². The molecule has 3 N–H and O–H groups in total. The smallest absolute Gasteiger partial charge is 0.323 e. The van der Waals surface area contributed by atoms with Gasteiger partial charge in [0, 0.05) is 19.6 Å². The third-order valence-electron chi connectivity index (χ3n) is 5.26. The van der Waals surface area contributed by atoms with Gasteiger partial charge in [-0.3, -0.25) is 4.90 Å². The average molecular weight is 355 g/mol. The summed E-state index contributed by atoms with van der Waals surface area (Å²) in [6, 6.07) is 12.0. The van der Waals surface area contributed by atoms with Crippen molar-refractivity contribution in [2.24, 2.45) is 0 Å². The van der Waals surface area contributed by atoms with Gasteiger partial charge in [0.2, 0.25) is 0 Å². The Hall–Kier alpha value is -2.44. The molecule has 1 aliphatic heterocycles. The summed E-state index contributed by atoms with van der Waals surface area (Å²) in [6.45, 7) is 3.69. The average Bonchev–Trinajstić information content (AvgIpc) is 2.99. The molecule has 0 aliphatic carbocycles. The fraction of sp³-hybridized carbons (Fsp3) is 0.350. The molecule has 4 rings (SSSR count). The van der Waals surface area contributed by atoms with Crippen LogP contribution in [0.25, 0.3) is 22.2 Å². The third kappa shape index (κ3) is 3.18. The summed E-state index contributed by atoms with van der Waals surface area (Å²) in [5, 5.41) is 9.57. The number of rotatable bonds is 3. The highest BCUT2D eigenvalue weighted by Gasteiger charge is 2.27. The van der Waals surface area contributed by atoms with Crippen molar-refractivity contribution in [2.75, 3.05) is 13.1 Å². The molecule has 1 aliphatic rings. The number of H-pyrrole nitrogens is 2. The predicted molar refractivity (Wildman–Crippen MR) is 99.9 cm³/mol. The molecule has 0 unspecified atom stereocenters. The van der Waals surface area contributed by atoms with Crippen molar-refractivity contribution in [1.82, 2.24) is 14.9 Å². The van der Waals surface area contributed by atoms with Gasteiger partial charge in [0.05, 0.1) is 17.1 Å². The van der Waals surface area contributed by atoms with Crippen molar-refractivity contribution in [3.8, 4) is 11.1 Å². The maximum absolute atomic E-state index is 13.8. The van der Waals surface area contributed by atoms with Gasteiger partial charge in [-0.2, -0.15) is 0 Å². The second-order valence-electron chi connectivity index (χ2n) is 7.04. The van der Waals surface area contributed by atoms with Gasteiger partial charge < -0.3 is 15.1 Å². The summed E-state index contributed by atoms with van der Waals surface area (Å²) < 4.78 is 13.8. The quantitative estimate of drug-likeness (QED) is 0.676. The molecule has 1 aromatic heterocycles. The summed E-state index contributed by atoms with van der Waals surface area (Å²) in [6.07, 6.45) is -1.55. The minimum absolute atomic E-state index is 0.212. The van der Waals surface area contributed by atoms with Gasteiger partial charge in [0.25, 0.3) is 0 Å². The first kappa shape index (κ1) is 17.0. The Balaban J connectivity index is 1.63. The van der Waals surface area contributed by atoms with Crippen LogP contribution in [-0.2, 0) is 6.54 Å². The number of aliphatic hydroxyl groups excluding tert-OH is 1. The molecule has 0 saturated carbocycles. The van der Waals surface area contributed by atoms with Crippen molar-refractivity contribution < 1.29 is 9.50 Å². The van der Waals surface area contributed by atoms with Crippen molar-refractivity contribution >= 4 is 11.0 Å². The number of hydrogen-bond acceptors (Lipinski definition) is 3. The minimum Gasteiger partial charge on any atom is -0.390 e. The summed E-state index contributed by atoms with van der Waals surface area (Å²) >= 11 is 0. The largest absolute Gasteiger partial charge is 0.390 e. The van der Waals surface area contributed by atoms with E-state index in [-0.39, 0.29) is 12.2 Å². The van der Waals surface area contributed by atoms with Gasteiger partial charge in [-0.05, 0) is 47.7 Å². The van der Waals surface area contributed by atoms with Gasteiger partial charge in [0.1, 0.15) is 6.17 Å². The second-order valence-corrected chi connectivity index (χ2v) is 7.04. The molecule has 2 aromatic carbocycles. The number of nitrogens with zero attached hydrogens (tertiary/aromatic N) is 1. The van der Waals surface area contributed by atoms with Crippen LogP contribution in [0.15, 0.2) is 41.2 Å². The third-order valence-corrected chi connectivity index (χ3v) is 5.26. The van der Waals surface area contributed by atoms with Crippen LogP contribution in [0.4, 0.5) is 4.39 Å². The Kier molecular flexibility index (Phi) is 4.38. The fourth-order valence-electron chi connectivity index (χ4n) is 3.71. The van der Waals surface area contributed by atoms with Crippen LogP contribution in [0, 0.1) is 6.92 Å².